The summed E-state index contributed by atoms with van der Waals surface area (Å²) in [5.74, 6) is 0.471. The molecular weight excluding hydrogens is 484 g/mol. The molecule has 1 N–H and O–H groups in total. The van der Waals surface area contributed by atoms with Crippen LogP contribution in [0.2, 0.25) is 0 Å². The molecule has 0 heterocycles. The Morgan fingerprint density at radius 1 is 0.789 bits per heavy atom. The van der Waals surface area contributed by atoms with E-state index < -0.39 is 18.2 Å². The number of rotatable bonds is 11. The van der Waals surface area contributed by atoms with Crippen LogP contribution in [0.15, 0.2) is 114 Å². The Kier molecular flexibility index (Phi) is 9.07. The first kappa shape index (κ1) is 26.0. The van der Waals surface area contributed by atoms with Crippen molar-refractivity contribution in [2.75, 3.05) is 6.61 Å². The van der Waals surface area contributed by atoms with Crippen LogP contribution in [0.5, 0.6) is 23.0 Å². The van der Waals surface area contributed by atoms with Gasteiger partial charge in [-0.2, -0.15) is 5.10 Å². The summed E-state index contributed by atoms with van der Waals surface area (Å²) in [6.07, 6.45) is 0.154. The molecule has 0 aromatic heterocycles. The predicted molar refractivity (Wildman–Crippen MR) is 143 cm³/mol. The molecule has 0 unspecified atom stereocenters. The summed E-state index contributed by atoms with van der Waals surface area (Å²) >= 11 is 0. The van der Waals surface area contributed by atoms with E-state index in [1.54, 1.807) is 91.0 Å². The van der Waals surface area contributed by atoms with Crippen molar-refractivity contribution in [3.05, 3.63) is 120 Å². The number of nitrogens with one attached hydrogen (secondary N) is 1. The van der Waals surface area contributed by atoms with Crippen molar-refractivity contribution in [3.8, 4) is 23.0 Å². The summed E-state index contributed by atoms with van der Waals surface area (Å²) in [5, 5.41) is 4.04. The van der Waals surface area contributed by atoms with E-state index in [9.17, 15) is 9.59 Å². The van der Waals surface area contributed by atoms with Crippen LogP contribution >= 0.6 is 0 Å². The molecule has 4 rings (SSSR count). The van der Waals surface area contributed by atoms with Crippen molar-refractivity contribution in [2.24, 2.45) is 5.10 Å². The summed E-state index contributed by atoms with van der Waals surface area (Å²) in [4.78, 5) is 25.3. The second kappa shape index (κ2) is 13.3. The summed E-state index contributed by atoms with van der Waals surface area (Å²) in [5.41, 5.74) is 3.48. The molecule has 0 saturated heterocycles. The highest BCUT2D eigenvalue weighted by Crippen LogP contribution is 2.29. The lowest BCUT2D eigenvalue weighted by molar-refractivity contribution is -0.140. The summed E-state index contributed by atoms with van der Waals surface area (Å²) in [6.45, 7) is 2.19. The van der Waals surface area contributed by atoms with E-state index in [2.05, 4.69) is 10.5 Å². The first-order valence-corrected chi connectivity index (χ1v) is 11.9. The van der Waals surface area contributed by atoms with Gasteiger partial charge in [0.05, 0.1) is 18.4 Å². The molecule has 0 bridgehead atoms. The molecule has 4 aromatic rings. The molecule has 0 aliphatic rings. The Bertz CT molecular complexity index is 1320. The zero-order valence-corrected chi connectivity index (χ0v) is 20.7. The molecule has 0 fully saturated rings. The zero-order valence-electron chi connectivity index (χ0n) is 20.7. The maximum atomic E-state index is 12.9. The highest BCUT2D eigenvalue weighted by molar-refractivity contribution is 5.91. The second-order valence-electron chi connectivity index (χ2n) is 7.82. The van der Waals surface area contributed by atoms with Gasteiger partial charge in [0, 0.05) is 0 Å². The Balaban J connectivity index is 1.44. The summed E-state index contributed by atoms with van der Waals surface area (Å²) in [6, 6.07) is 31.4. The largest absolute Gasteiger partial charge is 0.490 e. The number of para-hydroxylation sites is 2. The SMILES string of the molecule is CCOc1cc(/C=N/NC(=O)C(Oc2ccccc2)Oc2ccccc2)ccc1OC(=O)c1ccccc1. The summed E-state index contributed by atoms with van der Waals surface area (Å²) in [7, 11) is 0. The van der Waals surface area contributed by atoms with E-state index >= 15 is 0 Å². The number of amides is 1. The minimum Gasteiger partial charge on any atom is -0.490 e. The molecule has 38 heavy (non-hydrogen) atoms. The predicted octanol–water partition coefficient (Wildman–Crippen LogP) is 5.24. The molecule has 0 atom stereocenters. The van der Waals surface area contributed by atoms with Gasteiger partial charge in [-0.1, -0.05) is 54.6 Å². The maximum absolute atomic E-state index is 12.9. The summed E-state index contributed by atoms with van der Waals surface area (Å²) < 4.78 is 22.7. The Morgan fingerprint density at radius 2 is 1.37 bits per heavy atom. The Labute approximate surface area is 220 Å². The van der Waals surface area contributed by atoms with Crippen LogP contribution in [0, 0.1) is 0 Å². The van der Waals surface area contributed by atoms with E-state index in [1.807, 2.05) is 25.1 Å². The van der Waals surface area contributed by atoms with Crippen molar-refractivity contribution in [2.45, 2.75) is 13.2 Å². The monoisotopic (exact) mass is 510 g/mol. The number of nitrogens with zero attached hydrogens (tertiary/aromatic N) is 1. The molecule has 0 aliphatic carbocycles. The first-order valence-electron chi connectivity index (χ1n) is 11.9. The molecule has 192 valence electrons. The van der Waals surface area contributed by atoms with Crippen LogP contribution < -0.4 is 24.4 Å². The van der Waals surface area contributed by atoms with E-state index in [0.717, 1.165) is 0 Å². The number of carbonyl (C=O) groups excluding carboxylic acids is 2. The van der Waals surface area contributed by atoms with Gasteiger partial charge in [-0.25, -0.2) is 10.2 Å². The molecule has 8 heteroatoms. The quantitative estimate of drug-likeness (QED) is 0.0975. The maximum Gasteiger partial charge on any atom is 0.343 e. The van der Waals surface area contributed by atoms with Crippen LogP contribution in [0.3, 0.4) is 0 Å². The fourth-order valence-corrected chi connectivity index (χ4v) is 3.29. The van der Waals surface area contributed by atoms with Crippen molar-refractivity contribution in [1.29, 1.82) is 0 Å². The molecular formula is C30H26N2O6. The smallest absolute Gasteiger partial charge is 0.343 e. The number of carbonyl (C=O) groups is 2. The third-order valence-corrected chi connectivity index (χ3v) is 5.05. The molecule has 4 aromatic carbocycles. The van der Waals surface area contributed by atoms with Gasteiger partial charge in [0.2, 0.25) is 0 Å². The standard InChI is InChI=1S/C30H26N2O6/c1-2-35-27-20-22(18-19-26(27)38-29(34)23-12-6-3-7-13-23)21-31-32-28(33)30(36-24-14-8-4-9-15-24)37-25-16-10-5-11-17-25/h3-21,30H,2H2,1H3,(H,32,33)/b31-21+. The Morgan fingerprint density at radius 3 is 1.95 bits per heavy atom. The van der Waals surface area contributed by atoms with Crippen LogP contribution in [-0.4, -0.2) is 31.0 Å². The highest BCUT2D eigenvalue weighted by Gasteiger charge is 2.22. The lowest BCUT2D eigenvalue weighted by Gasteiger charge is -2.18. The normalized spacial score (nSPS) is 10.7. The van der Waals surface area contributed by atoms with Crippen LogP contribution in [0.1, 0.15) is 22.8 Å². The van der Waals surface area contributed by atoms with Gasteiger partial charge in [-0.3, -0.25) is 4.79 Å². The van der Waals surface area contributed by atoms with E-state index in [-0.39, 0.29) is 5.75 Å². The molecule has 1 amide bonds. The van der Waals surface area contributed by atoms with Crippen molar-refractivity contribution < 1.29 is 28.5 Å². The number of hydrogen-bond acceptors (Lipinski definition) is 7. The van der Waals surface area contributed by atoms with Gasteiger partial charge >= 0.3 is 18.2 Å². The lowest BCUT2D eigenvalue weighted by Crippen LogP contribution is -2.40. The third kappa shape index (κ3) is 7.44. The van der Waals surface area contributed by atoms with Crippen molar-refractivity contribution in [1.82, 2.24) is 5.43 Å². The van der Waals surface area contributed by atoms with Gasteiger partial charge in [0.25, 0.3) is 0 Å². The average molecular weight is 511 g/mol. The van der Waals surface area contributed by atoms with E-state index in [4.69, 9.17) is 18.9 Å². The number of hydrogen-bond donors (Lipinski definition) is 1. The number of benzene rings is 4. The fraction of sp³-hybridized carbons (Fsp3) is 0.100. The van der Waals surface area contributed by atoms with Gasteiger partial charge in [0.15, 0.2) is 11.5 Å². The number of ether oxygens (including phenoxy) is 4. The zero-order chi connectivity index (χ0) is 26.6. The lowest BCUT2D eigenvalue weighted by atomic mass is 10.2. The Hall–Kier alpha value is -5.11. The first-order chi connectivity index (χ1) is 18.6. The topological polar surface area (TPSA) is 95.5 Å². The molecule has 0 aliphatic heterocycles. The van der Waals surface area contributed by atoms with Gasteiger partial charge in [-0.05, 0) is 67.1 Å². The molecule has 0 spiro atoms. The van der Waals surface area contributed by atoms with Crippen LogP contribution in [0.4, 0.5) is 0 Å². The van der Waals surface area contributed by atoms with Gasteiger partial charge in [0.1, 0.15) is 11.5 Å². The third-order valence-electron chi connectivity index (χ3n) is 5.05. The minimum atomic E-state index is -1.28. The van der Waals surface area contributed by atoms with Crippen LogP contribution in [0.25, 0.3) is 0 Å². The molecule has 0 radical (unpaired) electrons. The number of hydrazone groups is 1. The molecule has 0 saturated carbocycles. The second-order valence-corrected chi connectivity index (χ2v) is 7.82. The van der Waals surface area contributed by atoms with Crippen molar-refractivity contribution >= 4 is 18.1 Å². The molecule has 8 nitrogen and oxygen atoms in total. The van der Waals surface area contributed by atoms with Gasteiger partial charge in [-0.15, -0.1) is 0 Å². The highest BCUT2D eigenvalue weighted by atomic mass is 16.7. The average Bonchev–Trinajstić information content (AvgIpc) is 2.95. The number of esters is 1. The van der Waals surface area contributed by atoms with Gasteiger partial charge < -0.3 is 18.9 Å². The minimum absolute atomic E-state index is 0.273. The van der Waals surface area contributed by atoms with E-state index in [1.165, 1.54) is 6.21 Å². The van der Waals surface area contributed by atoms with Crippen molar-refractivity contribution in [3.63, 3.8) is 0 Å². The van der Waals surface area contributed by atoms with E-state index in [0.29, 0.717) is 35.0 Å². The van der Waals surface area contributed by atoms with Crippen LogP contribution in [-0.2, 0) is 4.79 Å². The fourth-order valence-electron chi connectivity index (χ4n) is 3.29.